The monoisotopic (exact) mass is 343 g/mol. The van der Waals surface area contributed by atoms with Crippen molar-refractivity contribution in [2.45, 2.75) is 16.7 Å². The topological polar surface area (TPSA) is 91.1 Å². The molecular weight excluding hydrogens is 330 g/mol. The predicted molar refractivity (Wildman–Crippen MR) is 80.4 cm³/mol. The van der Waals surface area contributed by atoms with Gasteiger partial charge in [-0.25, -0.2) is 13.6 Å². The number of hydrogen-bond donors (Lipinski definition) is 2. The van der Waals surface area contributed by atoms with E-state index in [2.05, 4.69) is 0 Å². The molecule has 0 radical (unpaired) electrons. The normalized spacial score (nSPS) is 13.0. The molecule has 6 nitrogen and oxygen atoms in total. The van der Waals surface area contributed by atoms with Crippen LogP contribution in [0.2, 0.25) is 5.02 Å². The Morgan fingerprint density at radius 1 is 1.27 bits per heavy atom. The van der Waals surface area contributed by atoms with Crippen molar-refractivity contribution in [3.05, 3.63) is 52.2 Å². The van der Waals surface area contributed by atoms with Gasteiger partial charge in [-0.15, -0.1) is 0 Å². The summed E-state index contributed by atoms with van der Waals surface area (Å²) >= 11 is 5.96. The fraction of sp³-hybridized carbons (Fsp3) is 0.143. The first-order valence-electron chi connectivity index (χ1n) is 6.20. The molecular formula is C14H14ClNO5S. The highest BCUT2D eigenvalue weighted by molar-refractivity contribution is 7.91. The summed E-state index contributed by atoms with van der Waals surface area (Å²) in [7, 11) is -2.81. The zero-order chi connectivity index (χ0) is 16.5. The molecule has 0 spiro atoms. The molecule has 2 aromatic carbocycles. The van der Waals surface area contributed by atoms with Crippen LogP contribution in [-0.2, 0) is 9.84 Å². The van der Waals surface area contributed by atoms with Crippen molar-refractivity contribution in [1.82, 2.24) is 0 Å². The summed E-state index contributed by atoms with van der Waals surface area (Å²) in [5.41, 5.74) is 0.319. The number of sulfone groups is 1. The van der Waals surface area contributed by atoms with E-state index >= 15 is 0 Å². The Bertz CT molecular complexity index is 805. The van der Waals surface area contributed by atoms with Crippen LogP contribution in [0.4, 0.5) is 5.69 Å². The smallest absolute Gasteiger partial charge is 0.217 e. The molecule has 8 heteroatoms. The van der Waals surface area contributed by atoms with Gasteiger partial charge in [0.25, 0.3) is 0 Å². The third-order valence-corrected chi connectivity index (χ3v) is 5.38. The standard InChI is InChI=1S/C14H14ClNO5S/c1-9-6-7-12(21-2)13(8-9)22(19,20)14-10(15)4-3-5-11(14)16(17)18/h3-8,16-17H,1-2H3. The van der Waals surface area contributed by atoms with Crippen molar-refractivity contribution in [1.29, 1.82) is 0 Å². The van der Waals surface area contributed by atoms with Crippen LogP contribution in [-0.4, -0.2) is 20.7 Å². The SMILES string of the molecule is COc1ccc(C)cc1S(=O)(=O)c1c(Cl)cccc1[NH+]([O-])O. The third kappa shape index (κ3) is 2.94. The van der Waals surface area contributed by atoms with E-state index in [0.717, 1.165) is 0 Å². The maximum atomic E-state index is 12.9. The molecule has 2 rings (SSSR count). The first-order valence-corrected chi connectivity index (χ1v) is 8.06. The summed E-state index contributed by atoms with van der Waals surface area (Å²) in [6.45, 7) is 1.73. The van der Waals surface area contributed by atoms with Gasteiger partial charge >= 0.3 is 0 Å². The van der Waals surface area contributed by atoms with Gasteiger partial charge in [0.15, 0.2) is 10.6 Å². The summed E-state index contributed by atoms with van der Waals surface area (Å²) in [4.78, 5) is -0.557. The zero-order valence-electron chi connectivity index (χ0n) is 11.8. The quantitative estimate of drug-likeness (QED) is 0.827. The minimum Gasteiger partial charge on any atom is -0.595 e. The van der Waals surface area contributed by atoms with Crippen LogP contribution in [0.5, 0.6) is 5.75 Å². The van der Waals surface area contributed by atoms with Gasteiger partial charge < -0.3 is 9.94 Å². The number of ether oxygens (including phenoxy) is 1. The average molecular weight is 344 g/mol. The van der Waals surface area contributed by atoms with Crippen molar-refractivity contribution in [3.63, 3.8) is 0 Å². The number of rotatable bonds is 4. The molecule has 1 atom stereocenters. The molecule has 2 aromatic rings. The van der Waals surface area contributed by atoms with Crippen LogP contribution >= 0.6 is 11.6 Å². The summed E-state index contributed by atoms with van der Waals surface area (Å²) in [5, 5.41) is 19.0. The number of benzene rings is 2. The van der Waals surface area contributed by atoms with Gasteiger partial charge in [-0.1, -0.05) is 23.7 Å². The number of aryl methyl sites for hydroxylation is 1. The lowest BCUT2D eigenvalue weighted by Crippen LogP contribution is -2.99. The Balaban J connectivity index is 2.80. The number of nitrogens with one attached hydrogen (secondary N) is 1. The molecule has 1 unspecified atom stereocenters. The summed E-state index contributed by atoms with van der Waals surface area (Å²) in [5.74, 6) is 0.127. The Morgan fingerprint density at radius 2 is 1.95 bits per heavy atom. The maximum Gasteiger partial charge on any atom is 0.217 e. The number of methoxy groups -OCH3 is 1. The second-order valence-corrected chi connectivity index (χ2v) is 6.84. The van der Waals surface area contributed by atoms with E-state index in [4.69, 9.17) is 16.3 Å². The minimum absolute atomic E-state index is 0.120. The highest BCUT2D eigenvalue weighted by Gasteiger charge is 2.30. The number of quaternary nitrogens is 1. The number of hydrogen-bond acceptors (Lipinski definition) is 5. The largest absolute Gasteiger partial charge is 0.595 e. The van der Waals surface area contributed by atoms with E-state index < -0.39 is 20.0 Å². The highest BCUT2D eigenvalue weighted by atomic mass is 35.5. The molecule has 0 saturated carbocycles. The Hall–Kier alpha value is -1.64. The van der Waals surface area contributed by atoms with Gasteiger partial charge in [-0.2, -0.15) is 5.23 Å². The van der Waals surface area contributed by atoms with E-state index in [0.29, 0.717) is 5.56 Å². The van der Waals surface area contributed by atoms with E-state index in [9.17, 15) is 18.8 Å². The van der Waals surface area contributed by atoms with Crippen LogP contribution in [0.25, 0.3) is 0 Å². The Morgan fingerprint density at radius 3 is 2.55 bits per heavy atom. The van der Waals surface area contributed by atoms with Gasteiger partial charge in [0.1, 0.15) is 10.6 Å². The lowest BCUT2D eigenvalue weighted by atomic mass is 10.2. The van der Waals surface area contributed by atoms with Crippen LogP contribution in [0.3, 0.4) is 0 Å². The van der Waals surface area contributed by atoms with Crippen LogP contribution in [0, 0.1) is 12.1 Å². The molecule has 0 heterocycles. The molecule has 2 N–H and O–H groups in total. The van der Waals surface area contributed by atoms with E-state index in [1.54, 1.807) is 13.0 Å². The second kappa shape index (κ2) is 6.23. The third-order valence-electron chi connectivity index (χ3n) is 3.07. The first-order chi connectivity index (χ1) is 10.3. The van der Waals surface area contributed by atoms with Crippen LogP contribution < -0.4 is 9.96 Å². The number of halogens is 1. The lowest BCUT2D eigenvalue weighted by Gasteiger charge is -2.17. The van der Waals surface area contributed by atoms with Gasteiger partial charge in [0.05, 0.1) is 12.1 Å². The fourth-order valence-electron chi connectivity index (χ4n) is 2.05. The van der Waals surface area contributed by atoms with Crippen molar-refractivity contribution in [2.24, 2.45) is 0 Å². The summed E-state index contributed by atoms with van der Waals surface area (Å²) in [6, 6.07) is 8.55. The van der Waals surface area contributed by atoms with Gasteiger partial charge in [-0.3, -0.25) is 0 Å². The molecule has 22 heavy (non-hydrogen) atoms. The Labute approximate surface area is 133 Å². The molecule has 0 aliphatic heterocycles. The summed E-state index contributed by atoms with van der Waals surface area (Å²) < 4.78 is 30.8. The molecule has 0 amide bonds. The molecule has 0 aromatic heterocycles. The molecule has 118 valence electrons. The minimum atomic E-state index is -4.15. The Kier molecular flexibility index (Phi) is 4.74. The second-order valence-electron chi connectivity index (χ2n) is 4.58. The highest BCUT2D eigenvalue weighted by Crippen LogP contribution is 2.36. The van der Waals surface area contributed by atoms with Gasteiger partial charge in [0.2, 0.25) is 9.84 Å². The lowest BCUT2D eigenvalue weighted by molar-refractivity contribution is -0.992. The summed E-state index contributed by atoms with van der Waals surface area (Å²) in [6.07, 6.45) is 0. The van der Waals surface area contributed by atoms with E-state index in [1.165, 1.54) is 37.4 Å². The van der Waals surface area contributed by atoms with E-state index in [-0.39, 0.29) is 21.4 Å². The van der Waals surface area contributed by atoms with E-state index in [1.807, 2.05) is 0 Å². The molecule has 0 bridgehead atoms. The maximum absolute atomic E-state index is 12.9. The van der Waals surface area contributed by atoms with Crippen molar-refractivity contribution in [3.8, 4) is 5.75 Å². The van der Waals surface area contributed by atoms with Gasteiger partial charge in [0, 0.05) is 6.07 Å². The van der Waals surface area contributed by atoms with Crippen LogP contribution in [0.1, 0.15) is 5.56 Å². The molecule has 0 saturated heterocycles. The molecule has 0 aliphatic carbocycles. The fourth-order valence-corrected chi connectivity index (χ4v) is 4.28. The average Bonchev–Trinajstić information content (AvgIpc) is 2.46. The van der Waals surface area contributed by atoms with Crippen molar-refractivity contribution < 1.29 is 23.6 Å². The van der Waals surface area contributed by atoms with Gasteiger partial charge in [-0.05, 0) is 30.7 Å². The van der Waals surface area contributed by atoms with Crippen molar-refractivity contribution >= 4 is 27.1 Å². The molecule has 0 fully saturated rings. The zero-order valence-corrected chi connectivity index (χ0v) is 13.4. The van der Waals surface area contributed by atoms with Crippen LogP contribution in [0.15, 0.2) is 46.2 Å². The predicted octanol–water partition coefficient (Wildman–Crippen LogP) is 1.89. The van der Waals surface area contributed by atoms with Crippen molar-refractivity contribution in [2.75, 3.05) is 7.11 Å². The molecule has 0 aliphatic rings. The first kappa shape index (κ1) is 16.7.